The topological polar surface area (TPSA) is 81.2 Å². The van der Waals surface area contributed by atoms with Gasteiger partial charge in [0, 0.05) is 24.0 Å². The number of primary amides is 1. The summed E-state index contributed by atoms with van der Waals surface area (Å²) in [5.74, 6) is -0.439. The van der Waals surface area contributed by atoms with Gasteiger partial charge in [0.2, 0.25) is 5.91 Å². The van der Waals surface area contributed by atoms with Crippen molar-refractivity contribution in [2.45, 2.75) is 18.9 Å². The molecule has 1 aliphatic heterocycles. The van der Waals surface area contributed by atoms with Crippen molar-refractivity contribution < 1.29 is 9.59 Å². The number of rotatable bonds is 4. The number of nitrogens with zero attached hydrogens (tertiary/aromatic N) is 3. The van der Waals surface area contributed by atoms with Gasteiger partial charge in [-0.05, 0) is 48.2 Å². The molecule has 1 aromatic heterocycles. The first-order valence-corrected chi connectivity index (χ1v) is 10.8. The van der Waals surface area contributed by atoms with Crippen molar-refractivity contribution in [3.05, 3.63) is 90.1 Å². The second-order valence-corrected chi connectivity index (χ2v) is 8.19. The Hall–Kier alpha value is -3.93. The zero-order valence-corrected chi connectivity index (χ0v) is 17.6. The summed E-state index contributed by atoms with van der Waals surface area (Å²) in [4.78, 5) is 27.1. The van der Waals surface area contributed by atoms with E-state index >= 15 is 0 Å². The van der Waals surface area contributed by atoms with Crippen LogP contribution in [0.25, 0.3) is 22.0 Å². The van der Waals surface area contributed by atoms with Crippen LogP contribution in [0, 0.1) is 0 Å². The number of carbonyl (C=O) groups excluding carboxylic acids is 2. The fourth-order valence-corrected chi connectivity index (χ4v) is 4.54. The van der Waals surface area contributed by atoms with Crippen molar-refractivity contribution in [2.75, 3.05) is 13.1 Å². The minimum absolute atomic E-state index is 0.0284. The number of carbonyl (C=O) groups is 2. The van der Waals surface area contributed by atoms with Crippen molar-refractivity contribution in [1.82, 2.24) is 14.7 Å². The number of likely N-dealkylation sites (tertiary alicyclic amines) is 1. The number of hydrogen-bond donors (Lipinski definition) is 1. The Morgan fingerprint density at radius 1 is 0.938 bits per heavy atom. The SMILES string of the molecule is NC(=O)c1cc(-c2ccccc2)cc2c1cnn2C1CCCN(C(=O)c2ccccc2)C1. The van der Waals surface area contributed by atoms with Crippen molar-refractivity contribution >= 4 is 22.7 Å². The van der Waals surface area contributed by atoms with E-state index in [1.807, 2.05) is 76.3 Å². The average molecular weight is 425 g/mol. The summed E-state index contributed by atoms with van der Waals surface area (Å²) in [7, 11) is 0. The summed E-state index contributed by atoms with van der Waals surface area (Å²) < 4.78 is 1.96. The molecule has 0 aliphatic carbocycles. The van der Waals surface area contributed by atoms with E-state index in [0.29, 0.717) is 17.7 Å². The van der Waals surface area contributed by atoms with E-state index < -0.39 is 5.91 Å². The minimum atomic E-state index is -0.475. The third-order valence-corrected chi connectivity index (χ3v) is 6.14. The predicted molar refractivity (Wildman–Crippen MR) is 124 cm³/mol. The maximum absolute atomic E-state index is 13.0. The maximum Gasteiger partial charge on any atom is 0.253 e. The van der Waals surface area contributed by atoms with Gasteiger partial charge in [-0.1, -0.05) is 48.5 Å². The fraction of sp³-hybridized carbons (Fsp3) is 0.192. The highest BCUT2D eigenvalue weighted by Crippen LogP contribution is 2.31. The molecule has 2 amide bonds. The number of aromatic nitrogens is 2. The quantitative estimate of drug-likeness (QED) is 0.531. The molecule has 160 valence electrons. The Morgan fingerprint density at radius 2 is 1.66 bits per heavy atom. The number of hydrogen-bond acceptors (Lipinski definition) is 3. The molecule has 1 atom stereocenters. The van der Waals surface area contributed by atoms with Gasteiger partial charge >= 0.3 is 0 Å². The molecule has 0 saturated carbocycles. The van der Waals surface area contributed by atoms with E-state index in [9.17, 15) is 9.59 Å². The Morgan fingerprint density at radius 3 is 2.38 bits per heavy atom. The fourth-order valence-electron chi connectivity index (χ4n) is 4.54. The van der Waals surface area contributed by atoms with E-state index in [4.69, 9.17) is 5.73 Å². The van der Waals surface area contributed by atoms with Gasteiger partial charge in [-0.2, -0.15) is 5.10 Å². The summed E-state index contributed by atoms with van der Waals surface area (Å²) in [5, 5.41) is 5.37. The molecule has 32 heavy (non-hydrogen) atoms. The molecule has 6 heteroatoms. The third-order valence-electron chi connectivity index (χ3n) is 6.14. The Labute approximate surface area is 186 Å². The van der Waals surface area contributed by atoms with Crippen molar-refractivity contribution in [3.63, 3.8) is 0 Å². The van der Waals surface area contributed by atoms with Crippen molar-refractivity contribution in [3.8, 4) is 11.1 Å². The molecular formula is C26H24N4O2. The Bertz CT molecular complexity index is 1280. The van der Waals surface area contributed by atoms with Gasteiger partial charge in [0.25, 0.3) is 5.91 Å². The lowest BCUT2D eigenvalue weighted by Gasteiger charge is -2.33. The first kappa shape index (κ1) is 20.0. The van der Waals surface area contributed by atoms with Crippen molar-refractivity contribution in [2.24, 2.45) is 5.73 Å². The standard InChI is InChI=1S/C26H24N4O2/c27-25(31)22-14-20(18-8-3-1-4-9-18)15-24-23(22)16-28-30(24)21-12-7-13-29(17-21)26(32)19-10-5-2-6-11-19/h1-6,8-11,14-16,21H,7,12-13,17H2,(H2,27,31). The first-order valence-electron chi connectivity index (χ1n) is 10.8. The zero-order chi connectivity index (χ0) is 22.1. The second-order valence-electron chi connectivity index (χ2n) is 8.19. The highest BCUT2D eigenvalue weighted by atomic mass is 16.2. The molecule has 3 aromatic carbocycles. The zero-order valence-electron chi connectivity index (χ0n) is 17.6. The smallest absolute Gasteiger partial charge is 0.253 e. The second kappa shape index (κ2) is 8.30. The van der Waals surface area contributed by atoms with Crippen LogP contribution in [0.3, 0.4) is 0 Å². The van der Waals surface area contributed by atoms with Gasteiger partial charge in [0.15, 0.2) is 0 Å². The van der Waals surface area contributed by atoms with Gasteiger partial charge in [-0.25, -0.2) is 0 Å². The van der Waals surface area contributed by atoms with Crippen LogP contribution in [0.2, 0.25) is 0 Å². The minimum Gasteiger partial charge on any atom is -0.366 e. The van der Waals surface area contributed by atoms with Crippen LogP contribution in [0.5, 0.6) is 0 Å². The summed E-state index contributed by atoms with van der Waals surface area (Å²) in [6.07, 6.45) is 3.52. The number of fused-ring (bicyclic) bond motifs is 1. The number of amides is 2. The summed E-state index contributed by atoms with van der Waals surface area (Å²) in [6, 6.07) is 23.2. The molecule has 6 nitrogen and oxygen atoms in total. The monoisotopic (exact) mass is 424 g/mol. The van der Waals surface area contributed by atoms with E-state index in [0.717, 1.165) is 41.4 Å². The molecule has 0 spiro atoms. The number of benzene rings is 3. The molecule has 1 fully saturated rings. The highest BCUT2D eigenvalue weighted by molar-refractivity contribution is 6.07. The molecule has 1 aliphatic rings. The lowest BCUT2D eigenvalue weighted by atomic mass is 9.99. The molecule has 2 N–H and O–H groups in total. The molecule has 5 rings (SSSR count). The lowest BCUT2D eigenvalue weighted by molar-refractivity contribution is 0.0675. The molecule has 4 aromatic rings. The Kier molecular flexibility index (Phi) is 5.19. The summed E-state index contributed by atoms with van der Waals surface area (Å²) >= 11 is 0. The van der Waals surface area contributed by atoms with E-state index in [1.165, 1.54) is 0 Å². The van der Waals surface area contributed by atoms with Crippen LogP contribution >= 0.6 is 0 Å². The van der Waals surface area contributed by atoms with Crippen LogP contribution in [-0.4, -0.2) is 39.6 Å². The largest absolute Gasteiger partial charge is 0.366 e. The maximum atomic E-state index is 13.0. The molecule has 1 unspecified atom stereocenters. The Balaban J connectivity index is 1.53. The van der Waals surface area contributed by atoms with Gasteiger partial charge < -0.3 is 10.6 Å². The average Bonchev–Trinajstić information content (AvgIpc) is 3.28. The number of piperidine rings is 1. The van der Waals surface area contributed by atoms with Gasteiger partial charge in [0.05, 0.1) is 23.3 Å². The molecular weight excluding hydrogens is 400 g/mol. The molecule has 2 heterocycles. The lowest BCUT2D eigenvalue weighted by Crippen LogP contribution is -2.40. The van der Waals surface area contributed by atoms with Gasteiger partial charge in [0.1, 0.15) is 0 Å². The molecule has 0 bridgehead atoms. The van der Waals surface area contributed by atoms with Crippen LogP contribution in [0.15, 0.2) is 79.0 Å². The van der Waals surface area contributed by atoms with E-state index in [-0.39, 0.29) is 11.9 Å². The van der Waals surface area contributed by atoms with Crippen LogP contribution in [0.4, 0.5) is 0 Å². The molecule has 1 saturated heterocycles. The van der Waals surface area contributed by atoms with E-state index in [2.05, 4.69) is 11.2 Å². The summed E-state index contributed by atoms with van der Waals surface area (Å²) in [6.45, 7) is 1.30. The van der Waals surface area contributed by atoms with Gasteiger partial charge in [-0.15, -0.1) is 0 Å². The normalized spacial score (nSPS) is 16.2. The predicted octanol–water partition coefficient (Wildman–Crippen LogP) is 4.28. The van der Waals surface area contributed by atoms with Crippen LogP contribution in [-0.2, 0) is 0 Å². The van der Waals surface area contributed by atoms with Crippen molar-refractivity contribution in [1.29, 1.82) is 0 Å². The van der Waals surface area contributed by atoms with Gasteiger partial charge in [-0.3, -0.25) is 14.3 Å². The van der Waals surface area contributed by atoms with Crippen LogP contribution < -0.4 is 5.73 Å². The van der Waals surface area contributed by atoms with Crippen LogP contribution in [0.1, 0.15) is 39.6 Å². The first-order chi connectivity index (χ1) is 15.6. The highest BCUT2D eigenvalue weighted by Gasteiger charge is 2.27. The third kappa shape index (κ3) is 3.64. The summed E-state index contributed by atoms with van der Waals surface area (Å²) in [5.41, 5.74) is 9.65. The van der Waals surface area contributed by atoms with E-state index in [1.54, 1.807) is 6.20 Å². The molecule has 0 radical (unpaired) electrons. The number of nitrogens with two attached hydrogens (primary N) is 1.